The number of thiocarbonyl (C=S) groups is 1. The van der Waals surface area contributed by atoms with Crippen LogP contribution in [-0.4, -0.2) is 34.6 Å². The van der Waals surface area contributed by atoms with Gasteiger partial charge in [0.15, 0.2) is 5.11 Å². The highest BCUT2D eigenvalue weighted by Crippen LogP contribution is 2.27. The van der Waals surface area contributed by atoms with Gasteiger partial charge >= 0.3 is 12.6 Å². The SMILES string of the molecule is COC(=O)c1ccccc1Cn1cc(NC(=S)Nc2cc(C)ccc2OC(F)F)cn1. The molecule has 0 saturated carbocycles. The number of hydrogen-bond acceptors (Lipinski definition) is 5. The van der Waals surface area contributed by atoms with Gasteiger partial charge in [-0.3, -0.25) is 4.68 Å². The van der Waals surface area contributed by atoms with Crippen LogP contribution in [0.25, 0.3) is 0 Å². The van der Waals surface area contributed by atoms with Gasteiger partial charge in [0.25, 0.3) is 0 Å². The number of carbonyl (C=O) groups excluding carboxylic acids is 1. The Hall–Kier alpha value is -3.53. The van der Waals surface area contributed by atoms with Gasteiger partial charge in [-0.1, -0.05) is 24.3 Å². The second-order valence-corrected chi connectivity index (χ2v) is 6.94. The van der Waals surface area contributed by atoms with Crippen molar-refractivity contribution in [1.82, 2.24) is 9.78 Å². The number of nitrogens with zero attached hydrogens (tertiary/aromatic N) is 2. The van der Waals surface area contributed by atoms with E-state index in [2.05, 4.69) is 20.5 Å². The lowest BCUT2D eigenvalue weighted by molar-refractivity contribution is -0.0493. The van der Waals surface area contributed by atoms with Gasteiger partial charge in [0.1, 0.15) is 5.75 Å². The predicted octanol–water partition coefficient (Wildman–Crippen LogP) is 4.44. The third-order valence-corrected chi connectivity index (χ3v) is 4.45. The third kappa shape index (κ3) is 5.98. The minimum absolute atomic E-state index is 0.0140. The van der Waals surface area contributed by atoms with Crippen molar-refractivity contribution in [3.05, 3.63) is 71.5 Å². The summed E-state index contributed by atoms with van der Waals surface area (Å²) >= 11 is 5.28. The number of anilines is 2. The van der Waals surface area contributed by atoms with Gasteiger partial charge in [0.05, 0.1) is 36.8 Å². The summed E-state index contributed by atoms with van der Waals surface area (Å²) in [6, 6.07) is 11.8. The van der Waals surface area contributed by atoms with Crippen LogP contribution in [0.15, 0.2) is 54.9 Å². The molecule has 10 heteroatoms. The van der Waals surface area contributed by atoms with Gasteiger partial charge in [-0.2, -0.15) is 13.9 Å². The maximum absolute atomic E-state index is 12.6. The molecule has 0 unspecified atom stereocenters. The molecule has 1 aromatic heterocycles. The number of benzene rings is 2. The number of methoxy groups -OCH3 is 1. The molecular formula is C21H20F2N4O3S. The van der Waals surface area contributed by atoms with Crippen LogP contribution in [0, 0.1) is 6.92 Å². The number of aryl methyl sites for hydroxylation is 1. The molecule has 2 N–H and O–H groups in total. The number of halogens is 2. The molecule has 3 rings (SSSR count). The van der Waals surface area contributed by atoms with E-state index in [1.807, 2.05) is 19.1 Å². The molecule has 0 fully saturated rings. The lowest BCUT2D eigenvalue weighted by atomic mass is 10.1. The number of ether oxygens (including phenoxy) is 2. The molecule has 0 spiro atoms. The highest BCUT2D eigenvalue weighted by Gasteiger charge is 2.13. The fraction of sp³-hybridized carbons (Fsp3) is 0.190. The highest BCUT2D eigenvalue weighted by molar-refractivity contribution is 7.80. The first kappa shape index (κ1) is 22.2. The van der Waals surface area contributed by atoms with E-state index in [1.54, 1.807) is 41.3 Å². The summed E-state index contributed by atoms with van der Waals surface area (Å²) in [6.07, 6.45) is 3.26. The van der Waals surface area contributed by atoms with Crippen molar-refractivity contribution in [3.8, 4) is 5.75 Å². The van der Waals surface area contributed by atoms with Gasteiger partial charge in [-0.25, -0.2) is 4.79 Å². The molecule has 0 aliphatic carbocycles. The number of hydrogen-bond donors (Lipinski definition) is 2. The normalized spacial score (nSPS) is 10.6. The van der Waals surface area contributed by atoms with Gasteiger partial charge in [0.2, 0.25) is 0 Å². The van der Waals surface area contributed by atoms with Crippen molar-refractivity contribution in [2.75, 3.05) is 17.7 Å². The Labute approximate surface area is 183 Å². The Kier molecular flexibility index (Phi) is 7.14. The number of nitrogens with one attached hydrogen (secondary N) is 2. The number of alkyl halides is 2. The summed E-state index contributed by atoms with van der Waals surface area (Å²) in [5, 5.41) is 10.2. The summed E-state index contributed by atoms with van der Waals surface area (Å²) in [5.41, 5.74) is 2.95. The van der Waals surface area contributed by atoms with Crippen LogP contribution in [0.1, 0.15) is 21.5 Å². The first-order valence-electron chi connectivity index (χ1n) is 9.18. The quantitative estimate of drug-likeness (QED) is 0.411. The lowest BCUT2D eigenvalue weighted by Crippen LogP contribution is -2.19. The van der Waals surface area contributed by atoms with Gasteiger partial charge in [-0.05, 0) is 48.5 Å². The van der Waals surface area contributed by atoms with E-state index in [0.29, 0.717) is 23.5 Å². The van der Waals surface area contributed by atoms with Crippen molar-refractivity contribution in [2.45, 2.75) is 20.1 Å². The van der Waals surface area contributed by atoms with E-state index < -0.39 is 12.6 Å². The number of carbonyl (C=O) groups is 1. The second kappa shape index (κ2) is 9.98. The molecule has 0 bridgehead atoms. The Morgan fingerprint density at radius 1 is 1.23 bits per heavy atom. The highest BCUT2D eigenvalue weighted by atomic mass is 32.1. The zero-order valence-electron chi connectivity index (χ0n) is 16.8. The molecule has 0 aliphatic heterocycles. The fourth-order valence-electron chi connectivity index (χ4n) is 2.88. The van der Waals surface area contributed by atoms with Crippen molar-refractivity contribution in [3.63, 3.8) is 0 Å². The maximum atomic E-state index is 12.6. The van der Waals surface area contributed by atoms with Crippen molar-refractivity contribution in [2.24, 2.45) is 0 Å². The van der Waals surface area contributed by atoms with Gasteiger partial charge in [0, 0.05) is 6.20 Å². The second-order valence-electron chi connectivity index (χ2n) is 6.53. The van der Waals surface area contributed by atoms with Crippen LogP contribution < -0.4 is 15.4 Å². The summed E-state index contributed by atoms with van der Waals surface area (Å²) in [5.74, 6) is -0.439. The van der Waals surface area contributed by atoms with E-state index in [9.17, 15) is 13.6 Å². The van der Waals surface area contributed by atoms with Crippen LogP contribution in [0.5, 0.6) is 5.75 Å². The minimum Gasteiger partial charge on any atom is -0.465 e. The van der Waals surface area contributed by atoms with Crippen molar-refractivity contribution >= 4 is 34.7 Å². The lowest BCUT2D eigenvalue weighted by Gasteiger charge is -2.14. The zero-order valence-corrected chi connectivity index (χ0v) is 17.6. The molecule has 31 heavy (non-hydrogen) atoms. The fourth-order valence-corrected chi connectivity index (χ4v) is 3.11. The summed E-state index contributed by atoms with van der Waals surface area (Å²) < 4.78 is 36.2. The van der Waals surface area contributed by atoms with E-state index in [4.69, 9.17) is 17.0 Å². The number of rotatable bonds is 7. The third-order valence-electron chi connectivity index (χ3n) is 4.25. The van der Waals surface area contributed by atoms with Crippen molar-refractivity contribution < 1.29 is 23.0 Å². The van der Waals surface area contributed by atoms with Crippen LogP contribution in [0.4, 0.5) is 20.2 Å². The molecule has 0 radical (unpaired) electrons. The Morgan fingerprint density at radius 3 is 2.74 bits per heavy atom. The molecule has 3 aromatic rings. The summed E-state index contributed by atoms with van der Waals surface area (Å²) in [4.78, 5) is 11.9. The number of esters is 1. The zero-order chi connectivity index (χ0) is 22.4. The van der Waals surface area contributed by atoms with E-state index in [1.165, 1.54) is 13.2 Å². The smallest absolute Gasteiger partial charge is 0.387 e. The largest absolute Gasteiger partial charge is 0.465 e. The van der Waals surface area contributed by atoms with Crippen LogP contribution >= 0.6 is 12.2 Å². The van der Waals surface area contributed by atoms with Gasteiger partial charge in [-0.15, -0.1) is 0 Å². The Bertz CT molecular complexity index is 1090. The average molecular weight is 446 g/mol. The minimum atomic E-state index is -2.95. The Balaban J connectivity index is 1.68. The first-order valence-corrected chi connectivity index (χ1v) is 9.58. The van der Waals surface area contributed by atoms with E-state index >= 15 is 0 Å². The molecule has 7 nitrogen and oxygen atoms in total. The predicted molar refractivity (Wildman–Crippen MR) is 117 cm³/mol. The van der Waals surface area contributed by atoms with Crippen molar-refractivity contribution in [1.29, 1.82) is 0 Å². The molecule has 162 valence electrons. The molecule has 2 aromatic carbocycles. The molecule has 0 amide bonds. The Morgan fingerprint density at radius 2 is 2.00 bits per heavy atom. The average Bonchev–Trinajstić information content (AvgIpc) is 3.16. The summed E-state index contributed by atoms with van der Waals surface area (Å²) in [6.45, 7) is -0.780. The number of aromatic nitrogens is 2. The molecule has 0 atom stereocenters. The van der Waals surface area contributed by atoms with E-state index in [-0.39, 0.29) is 10.9 Å². The standard InChI is InChI=1S/C21H20F2N4O3S/c1-13-7-8-18(30-20(22)23)17(9-13)26-21(31)25-15-10-24-27(12-15)11-14-5-3-4-6-16(14)19(28)29-2/h3-10,12,20H,11H2,1-2H3,(H2,25,26,31). The van der Waals surface area contributed by atoms with Crippen LogP contribution in [0.3, 0.4) is 0 Å². The monoisotopic (exact) mass is 446 g/mol. The van der Waals surface area contributed by atoms with Crippen LogP contribution in [-0.2, 0) is 11.3 Å². The molecule has 0 aliphatic rings. The molecule has 0 saturated heterocycles. The molecule has 1 heterocycles. The van der Waals surface area contributed by atoms with E-state index in [0.717, 1.165) is 11.1 Å². The first-order chi connectivity index (χ1) is 14.9. The summed E-state index contributed by atoms with van der Waals surface area (Å²) in [7, 11) is 1.33. The molecular weight excluding hydrogens is 426 g/mol. The van der Waals surface area contributed by atoms with Gasteiger partial charge < -0.3 is 20.1 Å². The maximum Gasteiger partial charge on any atom is 0.387 e. The topological polar surface area (TPSA) is 77.4 Å². The van der Waals surface area contributed by atoms with Crippen LogP contribution in [0.2, 0.25) is 0 Å².